The number of nitrogens with two attached hydrogens (primary N) is 1. The highest BCUT2D eigenvalue weighted by molar-refractivity contribution is 5.18. The molecule has 0 aliphatic carbocycles. The highest BCUT2D eigenvalue weighted by Crippen LogP contribution is 2.10. The first-order valence-electron chi connectivity index (χ1n) is 5.89. The van der Waals surface area contributed by atoms with Crippen LogP contribution in [0.4, 0.5) is 8.78 Å². The third-order valence-electron chi connectivity index (χ3n) is 3.07. The van der Waals surface area contributed by atoms with Gasteiger partial charge in [0.15, 0.2) is 11.6 Å². The van der Waals surface area contributed by atoms with Gasteiger partial charge in [-0.05, 0) is 51.1 Å². The van der Waals surface area contributed by atoms with Gasteiger partial charge in [-0.2, -0.15) is 0 Å². The fourth-order valence-electron chi connectivity index (χ4n) is 1.68. The molecule has 0 aliphatic rings. The van der Waals surface area contributed by atoms with Crippen LogP contribution in [0.5, 0.6) is 0 Å². The van der Waals surface area contributed by atoms with Crippen molar-refractivity contribution in [3.05, 3.63) is 35.4 Å². The molecule has 96 valence electrons. The summed E-state index contributed by atoms with van der Waals surface area (Å²) in [5.41, 5.74) is 6.31. The lowest BCUT2D eigenvalue weighted by atomic mass is 10.1. The van der Waals surface area contributed by atoms with E-state index in [1.807, 2.05) is 7.05 Å². The average Bonchev–Trinajstić information content (AvgIpc) is 2.30. The van der Waals surface area contributed by atoms with Crippen LogP contribution in [0.2, 0.25) is 0 Å². The van der Waals surface area contributed by atoms with Crippen molar-refractivity contribution in [2.45, 2.75) is 25.8 Å². The molecule has 1 unspecified atom stereocenters. The van der Waals surface area contributed by atoms with Crippen molar-refractivity contribution in [1.82, 2.24) is 4.90 Å². The molecule has 0 bridgehead atoms. The van der Waals surface area contributed by atoms with E-state index in [-0.39, 0.29) is 0 Å². The van der Waals surface area contributed by atoms with E-state index in [1.165, 1.54) is 12.1 Å². The van der Waals surface area contributed by atoms with Gasteiger partial charge < -0.3 is 10.6 Å². The van der Waals surface area contributed by atoms with Gasteiger partial charge in [-0.15, -0.1) is 0 Å². The summed E-state index contributed by atoms with van der Waals surface area (Å²) in [5, 5.41) is 0. The normalized spacial score (nSPS) is 13.1. The molecule has 1 atom stereocenters. The quantitative estimate of drug-likeness (QED) is 0.828. The predicted molar refractivity (Wildman–Crippen MR) is 65.8 cm³/mol. The van der Waals surface area contributed by atoms with E-state index in [0.717, 1.165) is 18.5 Å². The number of benzene rings is 1. The summed E-state index contributed by atoms with van der Waals surface area (Å²) in [6.07, 6.45) is 1.65. The number of nitrogens with zero attached hydrogens (tertiary/aromatic N) is 1. The Morgan fingerprint density at radius 2 is 2.00 bits per heavy atom. The van der Waals surface area contributed by atoms with Gasteiger partial charge in [0, 0.05) is 12.6 Å². The average molecular weight is 242 g/mol. The van der Waals surface area contributed by atoms with Crippen molar-refractivity contribution in [1.29, 1.82) is 0 Å². The van der Waals surface area contributed by atoms with Crippen LogP contribution < -0.4 is 5.73 Å². The molecule has 4 heteroatoms. The molecule has 0 aromatic heterocycles. The van der Waals surface area contributed by atoms with E-state index in [4.69, 9.17) is 5.73 Å². The number of hydrogen-bond donors (Lipinski definition) is 1. The van der Waals surface area contributed by atoms with Crippen molar-refractivity contribution < 1.29 is 8.78 Å². The molecule has 17 heavy (non-hydrogen) atoms. The Labute approximate surface area is 101 Å². The Morgan fingerprint density at radius 3 is 2.59 bits per heavy atom. The van der Waals surface area contributed by atoms with E-state index < -0.39 is 11.6 Å². The summed E-state index contributed by atoms with van der Waals surface area (Å²) in [5.74, 6) is -1.57. The van der Waals surface area contributed by atoms with Gasteiger partial charge in [0.25, 0.3) is 0 Å². The van der Waals surface area contributed by atoms with Crippen molar-refractivity contribution in [3.8, 4) is 0 Å². The summed E-state index contributed by atoms with van der Waals surface area (Å²) in [4.78, 5) is 2.17. The molecule has 0 radical (unpaired) electrons. The van der Waals surface area contributed by atoms with Gasteiger partial charge in [0.05, 0.1) is 0 Å². The van der Waals surface area contributed by atoms with E-state index in [0.29, 0.717) is 19.0 Å². The maximum atomic E-state index is 13.0. The van der Waals surface area contributed by atoms with Crippen LogP contribution in [0, 0.1) is 11.6 Å². The van der Waals surface area contributed by atoms with Gasteiger partial charge in [0.1, 0.15) is 0 Å². The third kappa shape index (κ3) is 4.40. The molecule has 0 aliphatic heterocycles. The molecule has 0 spiro atoms. The first kappa shape index (κ1) is 14.1. The van der Waals surface area contributed by atoms with E-state index in [9.17, 15) is 8.78 Å². The number of halogens is 2. The number of hydrogen-bond acceptors (Lipinski definition) is 2. The van der Waals surface area contributed by atoms with Crippen LogP contribution in [0.3, 0.4) is 0 Å². The van der Waals surface area contributed by atoms with Crippen molar-refractivity contribution in [2.24, 2.45) is 5.73 Å². The molecule has 2 nitrogen and oxygen atoms in total. The van der Waals surface area contributed by atoms with E-state index >= 15 is 0 Å². The first-order chi connectivity index (χ1) is 8.04. The Bertz CT molecular complexity index is 355. The molecule has 0 saturated carbocycles. The molecule has 1 aromatic rings. The predicted octanol–water partition coefficient (Wildman–Crippen LogP) is 2.18. The maximum absolute atomic E-state index is 13.0. The van der Waals surface area contributed by atoms with Crippen LogP contribution in [-0.2, 0) is 6.42 Å². The largest absolute Gasteiger partial charge is 0.330 e. The van der Waals surface area contributed by atoms with Gasteiger partial charge in [-0.3, -0.25) is 0 Å². The van der Waals surface area contributed by atoms with Crippen LogP contribution >= 0.6 is 0 Å². The highest BCUT2D eigenvalue weighted by Gasteiger charge is 2.08. The molecular weight excluding hydrogens is 222 g/mol. The highest BCUT2D eigenvalue weighted by atomic mass is 19.2. The summed E-state index contributed by atoms with van der Waals surface area (Å²) < 4.78 is 25.7. The zero-order valence-electron chi connectivity index (χ0n) is 10.4. The van der Waals surface area contributed by atoms with Gasteiger partial charge in [0.2, 0.25) is 0 Å². The fraction of sp³-hybridized carbons (Fsp3) is 0.538. The Morgan fingerprint density at radius 1 is 1.29 bits per heavy atom. The van der Waals surface area contributed by atoms with Gasteiger partial charge in [-0.25, -0.2) is 8.78 Å². The second-order valence-electron chi connectivity index (χ2n) is 4.41. The molecule has 0 fully saturated rings. The molecule has 0 heterocycles. The smallest absolute Gasteiger partial charge is 0.159 e. The Hall–Kier alpha value is -1.00. The zero-order valence-corrected chi connectivity index (χ0v) is 10.4. The monoisotopic (exact) mass is 242 g/mol. The van der Waals surface area contributed by atoms with Crippen molar-refractivity contribution >= 4 is 0 Å². The number of likely N-dealkylation sites (N-methyl/N-ethyl adjacent to an activating group) is 1. The topological polar surface area (TPSA) is 29.3 Å². The molecule has 1 aromatic carbocycles. The molecule has 0 saturated heterocycles. The minimum Gasteiger partial charge on any atom is -0.330 e. The zero-order chi connectivity index (χ0) is 12.8. The first-order valence-corrected chi connectivity index (χ1v) is 5.89. The van der Waals surface area contributed by atoms with Crippen molar-refractivity contribution in [2.75, 3.05) is 20.1 Å². The minimum atomic E-state index is -0.793. The summed E-state index contributed by atoms with van der Waals surface area (Å²) >= 11 is 0. The lowest BCUT2D eigenvalue weighted by Gasteiger charge is -2.24. The SMILES string of the molecule is CC(CCN)N(C)CCc1ccc(F)c(F)c1. The van der Waals surface area contributed by atoms with Gasteiger partial charge >= 0.3 is 0 Å². The lowest BCUT2D eigenvalue weighted by Crippen LogP contribution is -2.32. The van der Waals surface area contributed by atoms with Crippen LogP contribution in [0.1, 0.15) is 18.9 Å². The minimum absolute atomic E-state index is 0.408. The van der Waals surface area contributed by atoms with Gasteiger partial charge in [-0.1, -0.05) is 6.07 Å². The maximum Gasteiger partial charge on any atom is 0.159 e. The summed E-state index contributed by atoms with van der Waals surface area (Å²) in [6.45, 7) is 3.58. The van der Waals surface area contributed by atoms with Crippen LogP contribution in [-0.4, -0.2) is 31.1 Å². The fourth-order valence-corrected chi connectivity index (χ4v) is 1.68. The summed E-state index contributed by atoms with van der Waals surface area (Å²) in [7, 11) is 2.01. The molecular formula is C13H20F2N2. The second kappa shape index (κ2) is 6.67. The Kier molecular flexibility index (Phi) is 5.51. The standard InChI is InChI=1S/C13H20F2N2/c1-10(5-7-16)17(2)8-6-11-3-4-12(14)13(15)9-11/h3-4,9-10H,5-8,16H2,1-2H3. The molecule has 0 amide bonds. The molecule has 1 rings (SSSR count). The van der Waals surface area contributed by atoms with Crippen LogP contribution in [0.25, 0.3) is 0 Å². The Balaban J connectivity index is 2.47. The second-order valence-corrected chi connectivity index (χ2v) is 4.41. The van der Waals surface area contributed by atoms with Crippen molar-refractivity contribution in [3.63, 3.8) is 0 Å². The number of rotatable bonds is 6. The lowest BCUT2D eigenvalue weighted by molar-refractivity contribution is 0.251. The van der Waals surface area contributed by atoms with E-state index in [2.05, 4.69) is 11.8 Å². The van der Waals surface area contributed by atoms with E-state index in [1.54, 1.807) is 6.07 Å². The molecule has 2 N–H and O–H groups in total. The van der Waals surface area contributed by atoms with Crippen LogP contribution in [0.15, 0.2) is 18.2 Å². The third-order valence-corrected chi connectivity index (χ3v) is 3.07. The summed E-state index contributed by atoms with van der Waals surface area (Å²) in [6, 6.07) is 4.47.